The van der Waals surface area contributed by atoms with Crippen molar-refractivity contribution in [1.29, 1.82) is 0 Å². The minimum absolute atomic E-state index is 0.741. The highest BCUT2D eigenvalue weighted by atomic mass is 15.2. The number of nitrogens with one attached hydrogen (secondary N) is 1. The summed E-state index contributed by atoms with van der Waals surface area (Å²) in [4.78, 5) is 7.52. The fraction of sp³-hybridized carbons (Fsp3) is 0.722. The molecule has 0 bridgehead atoms. The van der Waals surface area contributed by atoms with Crippen LogP contribution in [0, 0.1) is 13.8 Å². The third-order valence-corrected chi connectivity index (χ3v) is 4.61. The van der Waals surface area contributed by atoms with Gasteiger partial charge in [0.25, 0.3) is 0 Å². The van der Waals surface area contributed by atoms with Crippen molar-refractivity contribution in [2.45, 2.75) is 77.9 Å². The molecule has 1 heterocycles. The SMILES string of the molecule is CCCCN(c1nc(C)cc(C)c1CNC1CC1)C1CC1. The number of nitrogens with zero attached hydrogens (tertiary/aromatic N) is 2. The fourth-order valence-electron chi connectivity index (χ4n) is 3.01. The zero-order chi connectivity index (χ0) is 14.8. The topological polar surface area (TPSA) is 28.2 Å². The second-order valence-corrected chi connectivity index (χ2v) is 6.82. The van der Waals surface area contributed by atoms with Gasteiger partial charge in [-0.2, -0.15) is 0 Å². The lowest BCUT2D eigenvalue weighted by molar-refractivity contribution is 0.663. The van der Waals surface area contributed by atoms with Gasteiger partial charge in [-0.15, -0.1) is 0 Å². The van der Waals surface area contributed by atoms with E-state index in [-0.39, 0.29) is 0 Å². The van der Waals surface area contributed by atoms with Crippen LogP contribution in [0.5, 0.6) is 0 Å². The molecule has 0 radical (unpaired) electrons. The summed E-state index contributed by atoms with van der Waals surface area (Å²) in [5, 5.41) is 3.68. The smallest absolute Gasteiger partial charge is 0.133 e. The van der Waals surface area contributed by atoms with E-state index in [0.29, 0.717) is 0 Å². The van der Waals surface area contributed by atoms with Crippen molar-refractivity contribution in [2.24, 2.45) is 0 Å². The molecular formula is C18H29N3. The van der Waals surface area contributed by atoms with Gasteiger partial charge in [0.05, 0.1) is 0 Å². The highest BCUT2D eigenvalue weighted by molar-refractivity contribution is 5.53. The van der Waals surface area contributed by atoms with Crippen molar-refractivity contribution in [3.63, 3.8) is 0 Å². The van der Waals surface area contributed by atoms with Gasteiger partial charge in [-0.25, -0.2) is 4.98 Å². The summed E-state index contributed by atoms with van der Waals surface area (Å²) in [6.07, 6.45) is 7.89. The molecule has 0 saturated heterocycles. The van der Waals surface area contributed by atoms with Gasteiger partial charge in [-0.3, -0.25) is 0 Å². The van der Waals surface area contributed by atoms with E-state index in [1.54, 1.807) is 0 Å². The number of unbranched alkanes of at least 4 members (excludes halogenated alkanes) is 1. The minimum Gasteiger partial charge on any atom is -0.353 e. The molecule has 2 fully saturated rings. The molecule has 2 aliphatic carbocycles. The lowest BCUT2D eigenvalue weighted by Crippen LogP contribution is -2.30. The van der Waals surface area contributed by atoms with Crippen molar-refractivity contribution < 1.29 is 0 Å². The Morgan fingerprint density at radius 1 is 1.24 bits per heavy atom. The summed E-state index contributed by atoms with van der Waals surface area (Å²) in [6, 6.07) is 3.73. The van der Waals surface area contributed by atoms with Crippen LogP contribution in [-0.4, -0.2) is 23.6 Å². The Kier molecular flexibility index (Phi) is 4.48. The highest BCUT2D eigenvalue weighted by Gasteiger charge is 2.31. The molecule has 1 N–H and O–H groups in total. The van der Waals surface area contributed by atoms with E-state index in [1.165, 1.54) is 55.5 Å². The Morgan fingerprint density at radius 3 is 2.62 bits per heavy atom. The molecule has 116 valence electrons. The highest BCUT2D eigenvalue weighted by Crippen LogP contribution is 2.34. The Labute approximate surface area is 129 Å². The normalized spacial score (nSPS) is 18.0. The van der Waals surface area contributed by atoms with Crippen LogP contribution in [0.1, 0.15) is 62.3 Å². The Bertz CT molecular complexity index is 489. The summed E-state index contributed by atoms with van der Waals surface area (Å²) in [5.41, 5.74) is 3.98. The summed E-state index contributed by atoms with van der Waals surface area (Å²) in [7, 11) is 0. The standard InChI is InChI=1S/C18H29N3/c1-4-5-10-21(16-8-9-16)18-17(12-19-15-6-7-15)13(2)11-14(3)20-18/h11,15-16,19H,4-10,12H2,1-3H3. The van der Waals surface area contributed by atoms with Crippen molar-refractivity contribution in [3.05, 3.63) is 22.9 Å². The summed E-state index contributed by atoms with van der Waals surface area (Å²) in [5.74, 6) is 1.26. The molecule has 3 heteroatoms. The third kappa shape index (κ3) is 3.76. The molecule has 0 atom stereocenters. The van der Waals surface area contributed by atoms with Gasteiger partial charge in [0.1, 0.15) is 5.82 Å². The van der Waals surface area contributed by atoms with Crippen molar-refractivity contribution >= 4 is 5.82 Å². The van der Waals surface area contributed by atoms with Crippen molar-refractivity contribution in [1.82, 2.24) is 10.3 Å². The molecule has 3 nitrogen and oxygen atoms in total. The summed E-state index contributed by atoms with van der Waals surface area (Å²) < 4.78 is 0. The average Bonchev–Trinajstić information content (AvgIpc) is 3.32. The third-order valence-electron chi connectivity index (χ3n) is 4.61. The monoisotopic (exact) mass is 287 g/mol. The van der Waals surface area contributed by atoms with Gasteiger partial charge in [0.2, 0.25) is 0 Å². The first-order valence-electron chi connectivity index (χ1n) is 8.66. The maximum Gasteiger partial charge on any atom is 0.133 e. The van der Waals surface area contributed by atoms with Gasteiger partial charge < -0.3 is 10.2 Å². The molecule has 3 rings (SSSR count). The molecule has 1 aromatic rings. The van der Waals surface area contributed by atoms with Crippen LogP contribution in [0.15, 0.2) is 6.07 Å². The van der Waals surface area contributed by atoms with E-state index in [9.17, 15) is 0 Å². The quantitative estimate of drug-likeness (QED) is 0.790. The molecule has 0 aromatic carbocycles. The number of aromatic nitrogens is 1. The van der Waals surface area contributed by atoms with Gasteiger partial charge in [-0.05, 0) is 57.6 Å². The number of hydrogen-bond acceptors (Lipinski definition) is 3. The van der Waals surface area contributed by atoms with Crippen LogP contribution in [0.4, 0.5) is 5.82 Å². The van der Waals surface area contributed by atoms with Crippen LogP contribution in [0.25, 0.3) is 0 Å². The lowest BCUT2D eigenvalue weighted by Gasteiger charge is -2.27. The van der Waals surface area contributed by atoms with E-state index in [4.69, 9.17) is 4.98 Å². The van der Waals surface area contributed by atoms with E-state index in [1.807, 2.05) is 0 Å². The van der Waals surface area contributed by atoms with Gasteiger partial charge in [0, 0.05) is 36.4 Å². The van der Waals surface area contributed by atoms with E-state index >= 15 is 0 Å². The average molecular weight is 287 g/mol. The molecule has 0 unspecified atom stereocenters. The largest absolute Gasteiger partial charge is 0.353 e. The molecule has 2 saturated carbocycles. The van der Waals surface area contributed by atoms with Gasteiger partial charge in [-0.1, -0.05) is 13.3 Å². The first-order chi connectivity index (χ1) is 10.2. The second kappa shape index (κ2) is 6.35. The molecule has 0 aliphatic heterocycles. The van der Waals surface area contributed by atoms with E-state index in [2.05, 4.69) is 37.1 Å². The van der Waals surface area contributed by atoms with E-state index < -0.39 is 0 Å². The van der Waals surface area contributed by atoms with Crippen LogP contribution in [0.3, 0.4) is 0 Å². The Hall–Kier alpha value is -1.09. The van der Waals surface area contributed by atoms with E-state index in [0.717, 1.165) is 30.9 Å². The number of pyridine rings is 1. The zero-order valence-corrected chi connectivity index (χ0v) is 13.8. The maximum atomic E-state index is 4.93. The molecule has 21 heavy (non-hydrogen) atoms. The van der Waals surface area contributed by atoms with Crippen LogP contribution in [-0.2, 0) is 6.54 Å². The predicted molar refractivity (Wildman–Crippen MR) is 88.8 cm³/mol. The van der Waals surface area contributed by atoms with Gasteiger partial charge >= 0.3 is 0 Å². The zero-order valence-electron chi connectivity index (χ0n) is 13.8. The Morgan fingerprint density at radius 2 is 2.00 bits per heavy atom. The van der Waals surface area contributed by atoms with Crippen LogP contribution in [0.2, 0.25) is 0 Å². The minimum atomic E-state index is 0.741. The Balaban J connectivity index is 1.85. The number of aryl methyl sites for hydroxylation is 2. The molecular weight excluding hydrogens is 258 g/mol. The van der Waals surface area contributed by atoms with Crippen LogP contribution < -0.4 is 10.2 Å². The maximum absolute atomic E-state index is 4.93. The molecule has 1 aromatic heterocycles. The van der Waals surface area contributed by atoms with Gasteiger partial charge in [0.15, 0.2) is 0 Å². The van der Waals surface area contributed by atoms with Crippen molar-refractivity contribution in [2.75, 3.05) is 11.4 Å². The van der Waals surface area contributed by atoms with Crippen LogP contribution >= 0.6 is 0 Å². The summed E-state index contributed by atoms with van der Waals surface area (Å²) in [6.45, 7) is 8.78. The molecule has 2 aliphatic rings. The number of rotatable bonds is 8. The first-order valence-corrected chi connectivity index (χ1v) is 8.66. The number of hydrogen-bond donors (Lipinski definition) is 1. The lowest BCUT2D eigenvalue weighted by atomic mass is 10.1. The fourth-order valence-corrected chi connectivity index (χ4v) is 3.01. The number of anilines is 1. The molecule has 0 amide bonds. The first kappa shape index (κ1) is 14.8. The van der Waals surface area contributed by atoms with Crippen molar-refractivity contribution in [3.8, 4) is 0 Å². The predicted octanol–water partition coefficient (Wildman–Crippen LogP) is 3.72. The summed E-state index contributed by atoms with van der Waals surface area (Å²) >= 11 is 0. The molecule has 0 spiro atoms. The second-order valence-electron chi connectivity index (χ2n) is 6.82.